The highest BCUT2D eigenvalue weighted by molar-refractivity contribution is 5.84. The van der Waals surface area contributed by atoms with E-state index in [1.165, 1.54) is 12.3 Å². The number of hydrogen-bond acceptors (Lipinski definition) is 4. The number of hydrogen-bond donors (Lipinski definition) is 0. The maximum Gasteiger partial charge on any atom is 0.336 e. The first kappa shape index (κ1) is 15.2. The lowest BCUT2D eigenvalue weighted by Gasteiger charge is -2.03. The quantitative estimate of drug-likeness (QED) is 0.490. The lowest BCUT2D eigenvalue weighted by molar-refractivity contribution is -0.129. The van der Waals surface area contributed by atoms with E-state index in [1.54, 1.807) is 36.4 Å². The summed E-state index contributed by atoms with van der Waals surface area (Å²) in [7, 11) is 0. The molecule has 0 aliphatic rings. The van der Waals surface area contributed by atoms with Gasteiger partial charge < -0.3 is 4.74 Å². The molecular weight excluding hydrogens is 276 g/mol. The molecule has 0 amide bonds. The second-order valence-electron chi connectivity index (χ2n) is 4.37. The molecule has 0 unspecified atom stereocenters. The number of rotatable bonds is 4. The SMILES string of the molecule is CC=CC=CC(=O)Oc1ccc(-c2ccc(C#N)cc2)nc1. The fourth-order valence-electron chi connectivity index (χ4n) is 1.72. The number of aromatic nitrogens is 1. The summed E-state index contributed by atoms with van der Waals surface area (Å²) in [4.78, 5) is 15.8. The van der Waals surface area contributed by atoms with Crippen molar-refractivity contribution in [3.05, 3.63) is 72.5 Å². The summed E-state index contributed by atoms with van der Waals surface area (Å²) in [6.07, 6.45) is 8.01. The Morgan fingerprint density at radius 2 is 1.95 bits per heavy atom. The molecule has 0 aliphatic carbocycles. The fourth-order valence-corrected chi connectivity index (χ4v) is 1.72. The predicted molar refractivity (Wildman–Crippen MR) is 84.0 cm³/mol. The molecule has 0 N–H and O–H groups in total. The number of allylic oxidation sites excluding steroid dienone is 3. The van der Waals surface area contributed by atoms with Crippen molar-refractivity contribution in [2.75, 3.05) is 0 Å². The molecule has 0 saturated carbocycles. The van der Waals surface area contributed by atoms with Crippen LogP contribution < -0.4 is 4.74 Å². The Bertz CT molecular complexity index is 736. The first-order valence-corrected chi connectivity index (χ1v) is 6.70. The van der Waals surface area contributed by atoms with Crippen molar-refractivity contribution in [3.63, 3.8) is 0 Å². The van der Waals surface area contributed by atoms with Crippen LogP contribution in [0.25, 0.3) is 11.3 Å². The average molecular weight is 290 g/mol. The highest BCUT2D eigenvalue weighted by atomic mass is 16.5. The van der Waals surface area contributed by atoms with E-state index < -0.39 is 5.97 Å². The van der Waals surface area contributed by atoms with Crippen molar-refractivity contribution in [2.45, 2.75) is 6.92 Å². The van der Waals surface area contributed by atoms with Gasteiger partial charge in [-0.05, 0) is 31.2 Å². The Hall–Kier alpha value is -3.19. The van der Waals surface area contributed by atoms with Gasteiger partial charge in [-0.25, -0.2) is 4.79 Å². The molecule has 2 rings (SSSR count). The summed E-state index contributed by atoms with van der Waals surface area (Å²) in [6, 6.07) is 12.6. The molecule has 0 saturated heterocycles. The van der Waals surface area contributed by atoms with Crippen LogP contribution in [0, 0.1) is 11.3 Å². The van der Waals surface area contributed by atoms with Gasteiger partial charge in [0.15, 0.2) is 0 Å². The zero-order chi connectivity index (χ0) is 15.8. The summed E-state index contributed by atoms with van der Waals surface area (Å²) in [5, 5.41) is 8.77. The lowest BCUT2D eigenvalue weighted by atomic mass is 10.1. The smallest absolute Gasteiger partial charge is 0.336 e. The van der Waals surface area contributed by atoms with Crippen LogP contribution >= 0.6 is 0 Å². The molecule has 108 valence electrons. The third kappa shape index (κ3) is 4.15. The van der Waals surface area contributed by atoms with Crippen LogP contribution in [-0.2, 0) is 4.79 Å². The van der Waals surface area contributed by atoms with Crippen LogP contribution in [0.3, 0.4) is 0 Å². The van der Waals surface area contributed by atoms with Gasteiger partial charge in [-0.1, -0.05) is 30.4 Å². The molecule has 1 heterocycles. The molecule has 22 heavy (non-hydrogen) atoms. The van der Waals surface area contributed by atoms with Crippen LogP contribution in [0.15, 0.2) is 66.9 Å². The minimum Gasteiger partial charge on any atom is -0.422 e. The van der Waals surface area contributed by atoms with Crippen LogP contribution in [0.1, 0.15) is 12.5 Å². The molecule has 0 radical (unpaired) electrons. The second kappa shape index (κ2) is 7.55. The topological polar surface area (TPSA) is 63.0 Å². The normalized spacial score (nSPS) is 10.7. The molecule has 2 aromatic rings. The first-order valence-electron chi connectivity index (χ1n) is 6.70. The molecule has 0 aliphatic heterocycles. The number of nitrogens with zero attached hydrogens (tertiary/aromatic N) is 2. The van der Waals surface area contributed by atoms with Gasteiger partial charge in [0.2, 0.25) is 0 Å². The third-order valence-corrected chi connectivity index (χ3v) is 2.80. The molecular formula is C18H14N2O2. The minimum absolute atomic E-state index is 0.382. The third-order valence-electron chi connectivity index (χ3n) is 2.80. The minimum atomic E-state index is -0.453. The van der Waals surface area contributed by atoms with Crippen LogP contribution in [-0.4, -0.2) is 11.0 Å². The van der Waals surface area contributed by atoms with E-state index in [9.17, 15) is 4.79 Å². The summed E-state index contributed by atoms with van der Waals surface area (Å²) >= 11 is 0. The number of nitriles is 1. The lowest BCUT2D eigenvalue weighted by Crippen LogP contribution is -2.03. The highest BCUT2D eigenvalue weighted by Gasteiger charge is 2.03. The van der Waals surface area contributed by atoms with Gasteiger partial charge in [0, 0.05) is 11.6 Å². The summed E-state index contributed by atoms with van der Waals surface area (Å²) in [5.74, 6) is -0.0708. The van der Waals surface area contributed by atoms with Crippen molar-refractivity contribution >= 4 is 5.97 Å². The van der Waals surface area contributed by atoms with E-state index in [1.807, 2.05) is 25.1 Å². The number of carbonyl (C=O) groups is 1. The van der Waals surface area contributed by atoms with Gasteiger partial charge >= 0.3 is 5.97 Å². The van der Waals surface area contributed by atoms with Gasteiger partial charge in [0.25, 0.3) is 0 Å². The van der Waals surface area contributed by atoms with E-state index in [-0.39, 0.29) is 0 Å². The summed E-state index contributed by atoms with van der Waals surface area (Å²) in [6.45, 7) is 1.86. The molecule has 0 spiro atoms. The van der Waals surface area contributed by atoms with Crippen LogP contribution in [0.4, 0.5) is 0 Å². The highest BCUT2D eigenvalue weighted by Crippen LogP contribution is 2.20. The second-order valence-corrected chi connectivity index (χ2v) is 4.37. The maximum absolute atomic E-state index is 11.5. The van der Waals surface area contributed by atoms with Gasteiger partial charge in [-0.2, -0.15) is 5.26 Å². The maximum atomic E-state index is 11.5. The molecule has 4 heteroatoms. The number of esters is 1. The molecule has 0 bridgehead atoms. The van der Waals surface area contributed by atoms with Crippen LogP contribution in [0.2, 0.25) is 0 Å². The van der Waals surface area contributed by atoms with E-state index in [2.05, 4.69) is 11.1 Å². The Morgan fingerprint density at radius 1 is 1.18 bits per heavy atom. The van der Waals surface area contributed by atoms with Crippen LogP contribution in [0.5, 0.6) is 5.75 Å². The van der Waals surface area contributed by atoms with Crippen molar-refractivity contribution in [1.82, 2.24) is 4.98 Å². The average Bonchev–Trinajstić information content (AvgIpc) is 2.56. The summed E-state index contributed by atoms with van der Waals surface area (Å²) < 4.78 is 5.12. The van der Waals surface area contributed by atoms with Gasteiger partial charge in [-0.15, -0.1) is 0 Å². The number of carbonyl (C=O) groups excluding carboxylic acids is 1. The number of pyridine rings is 1. The Morgan fingerprint density at radius 3 is 2.55 bits per heavy atom. The monoisotopic (exact) mass is 290 g/mol. The Labute approximate surface area is 129 Å². The molecule has 0 atom stereocenters. The van der Waals surface area contributed by atoms with Crippen molar-refractivity contribution in [2.24, 2.45) is 0 Å². The van der Waals surface area contributed by atoms with Gasteiger partial charge in [0.05, 0.1) is 23.5 Å². The standard InChI is InChI=1S/C18H14N2O2/c1-2-3-4-5-18(21)22-16-10-11-17(20-13-16)15-8-6-14(12-19)7-9-15/h2-11,13H,1H3. The molecule has 1 aromatic heterocycles. The van der Waals surface area contributed by atoms with Gasteiger partial charge in [-0.3, -0.25) is 4.98 Å². The molecule has 1 aromatic carbocycles. The largest absolute Gasteiger partial charge is 0.422 e. The zero-order valence-electron chi connectivity index (χ0n) is 12.1. The summed E-state index contributed by atoms with van der Waals surface area (Å²) in [5.41, 5.74) is 2.24. The Balaban J connectivity index is 2.06. The number of benzene rings is 1. The molecule has 4 nitrogen and oxygen atoms in total. The van der Waals surface area contributed by atoms with E-state index in [0.29, 0.717) is 11.3 Å². The Kier molecular flexibility index (Phi) is 5.22. The fraction of sp³-hybridized carbons (Fsp3) is 0.0556. The van der Waals surface area contributed by atoms with Crippen molar-refractivity contribution < 1.29 is 9.53 Å². The van der Waals surface area contributed by atoms with Crippen molar-refractivity contribution in [1.29, 1.82) is 5.26 Å². The first-order chi connectivity index (χ1) is 10.7. The van der Waals surface area contributed by atoms with E-state index in [4.69, 9.17) is 10.00 Å². The van der Waals surface area contributed by atoms with Gasteiger partial charge in [0.1, 0.15) is 5.75 Å². The number of ether oxygens (including phenoxy) is 1. The van der Waals surface area contributed by atoms with E-state index >= 15 is 0 Å². The molecule has 0 fully saturated rings. The predicted octanol–water partition coefficient (Wildman–Crippen LogP) is 3.66. The van der Waals surface area contributed by atoms with E-state index in [0.717, 1.165) is 11.3 Å². The zero-order valence-corrected chi connectivity index (χ0v) is 12.1. The van der Waals surface area contributed by atoms with Crippen molar-refractivity contribution in [3.8, 4) is 23.1 Å².